The van der Waals surface area contributed by atoms with Gasteiger partial charge in [-0.25, -0.2) is 0 Å². The number of aromatic nitrogens is 2. The van der Waals surface area contributed by atoms with Gasteiger partial charge in [0.25, 0.3) is 0 Å². The highest BCUT2D eigenvalue weighted by Crippen LogP contribution is 2.28. The third kappa shape index (κ3) is 4.17. The first-order valence-electron chi connectivity index (χ1n) is 7.39. The number of methoxy groups -OCH3 is 1. The number of morpholine rings is 1. The van der Waals surface area contributed by atoms with Crippen LogP contribution in [0.3, 0.4) is 0 Å². The predicted molar refractivity (Wildman–Crippen MR) is 80.5 cm³/mol. The molecule has 1 aliphatic heterocycles. The van der Waals surface area contributed by atoms with Crippen LogP contribution < -0.4 is 0 Å². The van der Waals surface area contributed by atoms with E-state index in [-0.39, 0.29) is 6.10 Å². The SMILES string of the molecule is CCCN1CCOC(C(O)c2c(Cl)cnn2CCOC)C1. The molecule has 0 amide bonds. The Balaban J connectivity index is 2.08. The van der Waals surface area contributed by atoms with Gasteiger partial charge in [0.1, 0.15) is 12.2 Å². The maximum atomic E-state index is 10.6. The van der Waals surface area contributed by atoms with Gasteiger partial charge in [0.05, 0.1) is 36.7 Å². The van der Waals surface area contributed by atoms with Crippen molar-refractivity contribution in [3.63, 3.8) is 0 Å². The molecule has 0 saturated carbocycles. The Bertz CT molecular complexity index is 439. The Morgan fingerprint density at radius 3 is 3.10 bits per heavy atom. The average molecular weight is 318 g/mol. The molecule has 0 radical (unpaired) electrons. The summed E-state index contributed by atoms with van der Waals surface area (Å²) in [6.45, 7) is 6.49. The second kappa shape index (κ2) is 8.10. The fourth-order valence-corrected chi connectivity index (χ4v) is 2.89. The molecule has 2 heterocycles. The van der Waals surface area contributed by atoms with Crippen molar-refractivity contribution in [3.8, 4) is 0 Å². The number of halogens is 1. The van der Waals surface area contributed by atoms with Crippen LogP contribution in [0.5, 0.6) is 0 Å². The van der Waals surface area contributed by atoms with Gasteiger partial charge >= 0.3 is 0 Å². The minimum atomic E-state index is -0.781. The summed E-state index contributed by atoms with van der Waals surface area (Å²) in [5.74, 6) is 0. The molecule has 0 bridgehead atoms. The molecule has 1 aromatic rings. The smallest absolute Gasteiger partial charge is 0.124 e. The molecule has 1 aliphatic rings. The Morgan fingerprint density at radius 1 is 1.57 bits per heavy atom. The Hall–Kier alpha value is -0.660. The van der Waals surface area contributed by atoms with Crippen molar-refractivity contribution in [2.45, 2.75) is 32.1 Å². The monoisotopic (exact) mass is 317 g/mol. The third-order valence-corrected chi connectivity index (χ3v) is 3.98. The van der Waals surface area contributed by atoms with Crippen LogP contribution in [0.2, 0.25) is 5.02 Å². The molecule has 1 N–H and O–H groups in total. The van der Waals surface area contributed by atoms with Crippen LogP contribution >= 0.6 is 11.6 Å². The minimum Gasteiger partial charge on any atom is -0.384 e. The van der Waals surface area contributed by atoms with Crippen LogP contribution in [-0.4, -0.2) is 65.8 Å². The lowest BCUT2D eigenvalue weighted by Gasteiger charge is -2.35. The van der Waals surface area contributed by atoms with Crippen LogP contribution in [-0.2, 0) is 16.0 Å². The lowest BCUT2D eigenvalue weighted by Crippen LogP contribution is -2.45. The van der Waals surface area contributed by atoms with Crippen molar-refractivity contribution in [2.75, 3.05) is 40.0 Å². The molecule has 2 unspecified atom stereocenters. The maximum absolute atomic E-state index is 10.6. The Morgan fingerprint density at radius 2 is 2.38 bits per heavy atom. The average Bonchev–Trinajstić information content (AvgIpc) is 2.86. The molecule has 0 aliphatic carbocycles. The zero-order valence-corrected chi connectivity index (χ0v) is 13.4. The van der Waals surface area contributed by atoms with Gasteiger partial charge in [-0.2, -0.15) is 5.10 Å². The molecule has 2 rings (SSSR count). The first-order chi connectivity index (χ1) is 10.2. The van der Waals surface area contributed by atoms with Gasteiger partial charge in [-0.1, -0.05) is 18.5 Å². The van der Waals surface area contributed by atoms with Crippen molar-refractivity contribution in [1.29, 1.82) is 0 Å². The van der Waals surface area contributed by atoms with E-state index in [0.29, 0.717) is 37.0 Å². The molecule has 0 aromatic carbocycles. The number of aliphatic hydroxyl groups is 1. The predicted octanol–water partition coefficient (Wildman–Crippen LogP) is 1.33. The normalized spacial score (nSPS) is 21.6. The summed E-state index contributed by atoms with van der Waals surface area (Å²) in [6.07, 6.45) is 1.59. The zero-order valence-electron chi connectivity index (χ0n) is 12.7. The molecule has 1 fully saturated rings. The number of hydrogen-bond donors (Lipinski definition) is 1. The summed E-state index contributed by atoms with van der Waals surface area (Å²) in [7, 11) is 1.63. The van der Waals surface area contributed by atoms with E-state index in [9.17, 15) is 5.11 Å². The second-order valence-corrected chi connectivity index (χ2v) is 5.66. The summed E-state index contributed by atoms with van der Waals surface area (Å²) in [6, 6.07) is 0. The standard InChI is InChI=1S/C14H24ClN3O3/c1-3-4-17-5-8-21-12(10-17)14(19)13-11(15)9-16-18(13)6-7-20-2/h9,12,14,19H,3-8,10H2,1-2H3. The lowest BCUT2D eigenvalue weighted by atomic mass is 10.1. The maximum Gasteiger partial charge on any atom is 0.124 e. The summed E-state index contributed by atoms with van der Waals surface area (Å²) < 4.78 is 12.5. The van der Waals surface area contributed by atoms with Crippen LogP contribution in [0.15, 0.2) is 6.20 Å². The minimum absolute atomic E-state index is 0.277. The first kappa shape index (κ1) is 16.7. The highest BCUT2D eigenvalue weighted by Gasteiger charge is 2.31. The van der Waals surface area contributed by atoms with Crippen molar-refractivity contribution in [3.05, 3.63) is 16.9 Å². The molecule has 2 atom stereocenters. The molecular formula is C14H24ClN3O3. The van der Waals surface area contributed by atoms with Crippen LogP contribution in [0, 0.1) is 0 Å². The van der Waals surface area contributed by atoms with Gasteiger partial charge in [-0.3, -0.25) is 9.58 Å². The van der Waals surface area contributed by atoms with Crippen molar-refractivity contribution in [1.82, 2.24) is 14.7 Å². The van der Waals surface area contributed by atoms with Gasteiger partial charge < -0.3 is 14.6 Å². The number of ether oxygens (including phenoxy) is 2. The summed E-state index contributed by atoms with van der Waals surface area (Å²) >= 11 is 6.18. The van der Waals surface area contributed by atoms with E-state index in [1.165, 1.54) is 0 Å². The van der Waals surface area contributed by atoms with Crippen molar-refractivity contribution < 1.29 is 14.6 Å². The van der Waals surface area contributed by atoms with Crippen LogP contribution in [0.4, 0.5) is 0 Å². The number of aliphatic hydroxyl groups excluding tert-OH is 1. The van der Waals surface area contributed by atoms with E-state index in [0.717, 1.165) is 19.5 Å². The molecule has 120 valence electrons. The topological polar surface area (TPSA) is 59.8 Å². The largest absolute Gasteiger partial charge is 0.384 e. The number of nitrogens with zero attached hydrogens (tertiary/aromatic N) is 3. The van der Waals surface area contributed by atoms with E-state index < -0.39 is 6.10 Å². The highest BCUT2D eigenvalue weighted by molar-refractivity contribution is 6.31. The number of rotatable bonds is 7. The van der Waals surface area contributed by atoms with Gasteiger partial charge in [-0.15, -0.1) is 0 Å². The lowest BCUT2D eigenvalue weighted by molar-refractivity contribution is -0.0922. The highest BCUT2D eigenvalue weighted by atomic mass is 35.5. The quantitative estimate of drug-likeness (QED) is 0.822. The molecule has 7 heteroatoms. The molecule has 1 saturated heterocycles. The van der Waals surface area contributed by atoms with Gasteiger partial charge in [-0.05, 0) is 13.0 Å². The summed E-state index contributed by atoms with van der Waals surface area (Å²) in [4.78, 5) is 2.31. The van der Waals surface area contributed by atoms with Gasteiger partial charge in [0, 0.05) is 20.2 Å². The van der Waals surface area contributed by atoms with E-state index in [4.69, 9.17) is 21.1 Å². The molecule has 0 spiro atoms. The van der Waals surface area contributed by atoms with Gasteiger partial charge in [0.2, 0.25) is 0 Å². The first-order valence-corrected chi connectivity index (χ1v) is 7.77. The molecule has 6 nitrogen and oxygen atoms in total. The van der Waals surface area contributed by atoms with E-state index in [2.05, 4.69) is 16.9 Å². The van der Waals surface area contributed by atoms with E-state index in [1.807, 2.05) is 0 Å². The molecular weight excluding hydrogens is 294 g/mol. The molecule has 21 heavy (non-hydrogen) atoms. The Labute approximate surface area is 130 Å². The fourth-order valence-electron chi connectivity index (χ4n) is 2.64. The van der Waals surface area contributed by atoms with E-state index >= 15 is 0 Å². The number of hydrogen-bond acceptors (Lipinski definition) is 5. The molecule has 1 aromatic heterocycles. The third-order valence-electron chi connectivity index (χ3n) is 3.69. The summed E-state index contributed by atoms with van der Waals surface area (Å²) in [5.41, 5.74) is 0.608. The zero-order chi connectivity index (χ0) is 15.2. The van der Waals surface area contributed by atoms with E-state index in [1.54, 1.807) is 18.0 Å². The summed E-state index contributed by atoms with van der Waals surface area (Å²) in [5, 5.41) is 15.3. The second-order valence-electron chi connectivity index (χ2n) is 5.25. The Kier molecular flexibility index (Phi) is 6.44. The van der Waals surface area contributed by atoms with Gasteiger partial charge in [0.15, 0.2) is 0 Å². The fraction of sp³-hybridized carbons (Fsp3) is 0.786. The van der Waals surface area contributed by atoms with Crippen molar-refractivity contribution in [2.24, 2.45) is 0 Å². The van der Waals surface area contributed by atoms with Crippen LogP contribution in [0.1, 0.15) is 25.1 Å². The van der Waals surface area contributed by atoms with Crippen molar-refractivity contribution >= 4 is 11.6 Å². The van der Waals surface area contributed by atoms with Crippen LogP contribution in [0.25, 0.3) is 0 Å².